The molecule has 0 amide bonds. The number of likely N-dealkylation sites (tertiary alicyclic amines) is 1. The van der Waals surface area contributed by atoms with Gasteiger partial charge in [0.05, 0.1) is 21.0 Å². The quantitative estimate of drug-likeness (QED) is 0.310. The fourth-order valence-corrected chi connectivity index (χ4v) is 7.24. The average molecular weight is 583 g/mol. The van der Waals surface area contributed by atoms with E-state index in [4.69, 9.17) is 4.74 Å². The van der Waals surface area contributed by atoms with E-state index in [1.807, 2.05) is 11.9 Å². The monoisotopic (exact) mass is 582 g/mol. The second-order valence-corrected chi connectivity index (χ2v) is 12.7. The van der Waals surface area contributed by atoms with Crippen molar-refractivity contribution in [1.82, 2.24) is 4.90 Å². The molecule has 2 heterocycles. The summed E-state index contributed by atoms with van der Waals surface area (Å²) < 4.78 is 113. The molecule has 0 radical (unpaired) electrons. The van der Waals surface area contributed by atoms with Crippen molar-refractivity contribution < 1.29 is 39.5 Å². The molecule has 5 nitrogen and oxygen atoms in total. The zero-order chi connectivity index (χ0) is 27.0. The fourth-order valence-electron chi connectivity index (χ4n) is 3.62. The summed E-state index contributed by atoms with van der Waals surface area (Å²) in [6.45, 7) is 1.12. The molecular weight excluding hydrogens is 562 g/mol. The minimum atomic E-state index is -4.69. The lowest BCUT2D eigenvalue weighted by Crippen LogP contribution is -2.23. The number of nitrogens with one attached hydrogen (secondary N) is 1. The Bertz CT molecular complexity index is 1360. The number of thiophene rings is 1. The van der Waals surface area contributed by atoms with Gasteiger partial charge in [-0.15, -0.1) is 11.3 Å². The minimum absolute atomic E-state index is 0.0975. The van der Waals surface area contributed by atoms with Gasteiger partial charge in [0.1, 0.15) is 16.1 Å². The third-order valence-electron chi connectivity index (χ3n) is 5.40. The largest absolute Gasteiger partial charge is 0.488 e. The Balaban J connectivity index is 1.50. The lowest BCUT2D eigenvalue weighted by Gasteiger charge is -2.19. The molecule has 14 heteroatoms. The summed E-state index contributed by atoms with van der Waals surface area (Å²) in [6, 6.07) is 10.0. The Kier molecular flexibility index (Phi) is 7.75. The molecule has 1 aliphatic rings. The summed E-state index contributed by atoms with van der Waals surface area (Å²) in [4.78, 5) is 2.40. The molecule has 0 spiro atoms. The van der Waals surface area contributed by atoms with Gasteiger partial charge in [0.25, 0.3) is 10.0 Å². The van der Waals surface area contributed by atoms with Crippen molar-refractivity contribution in [3.05, 3.63) is 65.7 Å². The first-order valence-corrected chi connectivity index (χ1v) is 13.9. The van der Waals surface area contributed by atoms with E-state index in [-0.39, 0.29) is 9.90 Å². The van der Waals surface area contributed by atoms with Crippen LogP contribution in [0, 0.1) is 0 Å². The van der Waals surface area contributed by atoms with Crippen LogP contribution in [0.25, 0.3) is 0 Å². The van der Waals surface area contributed by atoms with Gasteiger partial charge < -0.3 is 9.64 Å². The maximum Gasteiger partial charge on any atom is 0.419 e. The van der Waals surface area contributed by atoms with E-state index in [0.29, 0.717) is 28.6 Å². The van der Waals surface area contributed by atoms with Gasteiger partial charge in [0.15, 0.2) is 0 Å². The summed E-state index contributed by atoms with van der Waals surface area (Å²) >= 11 is 1.96. The van der Waals surface area contributed by atoms with Crippen LogP contribution in [0.15, 0.2) is 67.9 Å². The number of nitrogens with zero attached hydrogens (tertiary/aromatic N) is 1. The molecule has 0 aliphatic carbocycles. The summed E-state index contributed by atoms with van der Waals surface area (Å²) in [7, 11) is -2.33. The van der Waals surface area contributed by atoms with Crippen molar-refractivity contribution >= 4 is 38.8 Å². The van der Waals surface area contributed by atoms with Gasteiger partial charge in [-0.3, -0.25) is 4.72 Å². The molecule has 200 valence electrons. The zero-order valence-electron chi connectivity index (χ0n) is 19.1. The van der Waals surface area contributed by atoms with Crippen LogP contribution in [-0.4, -0.2) is 39.6 Å². The van der Waals surface area contributed by atoms with Gasteiger partial charge in [-0.2, -0.15) is 26.3 Å². The van der Waals surface area contributed by atoms with E-state index in [9.17, 15) is 34.8 Å². The Morgan fingerprint density at radius 1 is 1.00 bits per heavy atom. The second kappa shape index (κ2) is 10.4. The number of alkyl halides is 6. The number of hydrogen-bond acceptors (Lipinski definition) is 6. The normalized spacial score (nSPS) is 17.2. The van der Waals surface area contributed by atoms with Gasteiger partial charge in [0, 0.05) is 24.1 Å². The SMILES string of the molecule is CN1CC[C@@H](Oc2cc(NS(=O)(=O)c3ccc(Sc4ccc(C(F)(F)F)cc4)s3)ccc2C(F)(F)F)C1. The van der Waals surface area contributed by atoms with Crippen LogP contribution in [-0.2, 0) is 22.4 Å². The van der Waals surface area contributed by atoms with E-state index in [1.54, 1.807) is 0 Å². The summed E-state index contributed by atoms with van der Waals surface area (Å²) in [5.74, 6) is -0.460. The molecule has 0 saturated carbocycles. The van der Waals surface area contributed by atoms with Crippen molar-refractivity contribution in [2.75, 3.05) is 24.9 Å². The predicted molar refractivity (Wildman–Crippen MR) is 129 cm³/mol. The Hall–Kier alpha value is -2.42. The molecule has 1 aromatic heterocycles. The van der Waals surface area contributed by atoms with Crippen LogP contribution in [0.2, 0.25) is 0 Å². The highest BCUT2D eigenvalue weighted by atomic mass is 32.3. The van der Waals surface area contributed by atoms with Crippen molar-refractivity contribution in [3.8, 4) is 5.75 Å². The van der Waals surface area contributed by atoms with Gasteiger partial charge >= 0.3 is 12.4 Å². The molecule has 3 aromatic rings. The van der Waals surface area contributed by atoms with Crippen molar-refractivity contribution in [1.29, 1.82) is 0 Å². The first-order chi connectivity index (χ1) is 17.2. The van der Waals surface area contributed by atoms with Gasteiger partial charge in [-0.05, 0) is 62.0 Å². The fraction of sp³-hybridized carbons (Fsp3) is 0.304. The lowest BCUT2D eigenvalue weighted by atomic mass is 10.1. The molecular formula is C23H20F6N2O3S3. The number of hydrogen-bond donors (Lipinski definition) is 1. The second-order valence-electron chi connectivity index (χ2n) is 8.30. The van der Waals surface area contributed by atoms with E-state index >= 15 is 0 Å². The summed E-state index contributed by atoms with van der Waals surface area (Å²) in [5, 5.41) is 0. The predicted octanol–water partition coefficient (Wildman–Crippen LogP) is 6.82. The lowest BCUT2D eigenvalue weighted by molar-refractivity contribution is -0.139. The van der Waals surface area contributed by atoms with E-state index < -0.39 is 45.4 Å². The number of likely N-dealkylation sites (N-methyl/N-ethyl adjacent to an activating group) is 1. The first-order valence-electron chi connectivity index (χ1n) is 10.7. The standard InChI is InChI=1S/C23H20F6N2O3S3/c1-31-11-10-16(13-31)34-19-12-15(4-7-18(19)23(27,28)29)30-37(32,33)21-9-8-20(36-21)35-17-5-2-14(3-6-17)22(24,25)26/h2-9,12,16,30H,10-11,13H2,1H3/t16-/m1/s1. The third kappa shape index (κ3) is 6.92. The molecule has 4 rings (SSSR count). The van der Waals surface area contributed by atoms with Crippen molar-refractivity contribution in [2.24, 2.45) is 0 Å². The van der Waals surface area contributed by atoms with Gasteiger partial charge in [0.2, 0.25) is 0 Å². The maximum absolute atomic E-state index is 13.5. The molecule has 2 aromatic carbocycles. The highest BCUT2D eigenvalue weighted by Crippen LogP contribution is 2.40. The molecule has 0 unspecified atom stereocenters. The Morgan fingerprint density at radius 2 is 1.70 bits per heavy atom. The van der Waals surface area contributed by atoms with Crippen LogP contribution in [0.1, 0.15) is 17.5 Å². The zero-order valence-corrected chi connectivity index (χ0v) is 21.5. The third-order valence-corrected chi connectivity index (χ3v) is 9.50. The molecule has 1 aliphatic heterocycles. The number of benzene rings is 2. The molecule has 1 atom stereocenters. The summed E-state index contributed by atoms with van der Waals surface area (Å²) in [6.07, 6.45) is -9.07. The van der Waals surface area contributed by atoms with Crippen molar-refractivity contribution in [3.63, 3.8) is 0 Å². The van der Waals surface area contributed by atoms with Crippen LogP contribution in [0.3, 0.4) is 0 Å². The topological polar surface area (TPSA) is 58.6 Å². The number of anilines is 1. The average Bonchev–Trinajstić information content (AvgIpc) is 3.42. The smallest absolute Gasteiger partial charge is 0.419 e. The Morgan fingerprint density at radius 3 is 2.30 bits per heavy atom. The van der Waals surface area contributed by atoms with Gasteiger partial charge in [-0.1, -0.05) is 11.8 Å². The molecule has 1 fully saturated rings. The molecule has 1 N–H and O–H groups in total. The Labute approximate surface area is 217 Å². The first kappa shape index (κ1) is 27.6. The number of halogens is 6. The highest BCUT2D eigenvalue weighted by molar-refractivity contribution is 8.02. The van der Waals surface area contributed by atoms with Crippen molar-refractivity contribution in [2.45, 2.75) is 38.2 Å². The van der Waals surface area contributed by atoms with Crippen LogP contribution >= 0.6 is 23.1 Å². The van der Waals surface area contributed by atoms with Crippen LogP contribution in [0.5, 0.6) is 5.75 Å². The number of ether oxygens (including phenoxy) is 1. The highest BCUT2D eigenvalue weighted by Gasteiger charge is 2.36. The molecule has 37 heavy (non-hydrogen) atoms. The van der Waals surface area contributed by atoms with E-state index in [0.717, 1.165) is 53.4 Å². The number of rotatable bonds is 7. The van der Waals surface area contributed by atoms with Crippen LogP contribution < -0.4 is 9.46 Å². The minimum Gasteiger partial charge on any atom is -0.488 e. The molecule has 1 saturated heterocycles. The van der Waals surface area contributed by atoms with Gasteiger partial charge in [-0.25, -0.2) is 8.42 Å². The molecule has 0 bridgehead atoms. The number of sulfonamides is 1. The van der Waals surface area contributed by atoms with Crippen LogP contribution in [0.4, 0.5) is 32.0 Å². The maximum atomic E-state index is 13.5. The summed E-state index contributed by atoms with van der Waals surface area (Å²) in [5.41, 5.74) is -1.90. The van der Waals surface area contributed by atoms with E-state index in [2.05, 4.69) is 4.72 Å². The van der Waals surface area contributed by atoms with E-state index in [1.165, 1.54) is 24.3 Å².